The normalized spacial score (nSPS) is 17.9. The molecule has 0 aromatic carbocycles. The quantitative estimate of drug-likeness (QED) is 0.730. The van der Waals surface area contributed by atoms with Gasteiger partial charge in [0.15, 0.2) is 0 Å². The molecule has 2 nitrogen and oxygen atoms in total. The third-order valence-corrected chi connectivity index (χ3v) is 3.29. The first kappa shape index (κ1) is 14.5. The third-order valence-electron chi connectivity index (χ3n) is 3.29. The minimum absolute atomic E-state index is 0.436. The van der Waals surface area contributed by atoms with Crippen LogP contribution in [0, 0.1) is 23.2 Å². The molecule has 0 aliphatic carbocycles. The molecular formula is C13H26O2. The van der Waals surface area contributed by atoms with Crippen LogP contribution in [0.4, 0.5) is 0 Å². The van der Waals surface area contributed by atoms with Crippen LogP contribution in [0.2, 0.25) is 0 Å². The molecule has 2 unspecified atom stereocenters. The van der Waals surface area contributed by atoms with E-state index >= 15 is 0 Å². The first-order chi connectivity index (χ1) is 6.69. The molecule has 0 aromatic heterocycles. The summed E-state index contributed by atoms with van der Waals surface area (Å²) in [6.07, 6.45) is 1.54. The summed E-state index contributed by atoms with van der Waals surface area (Å²) in [5.41, 5.74) is -0.558. The van der Waals surface area contributed by atoms with E-state index in [9.17, 15) is 9.90 Å². The molecule has 0 spiro atoms. The Hall–Kier alpha value is -0.530. The van der Waals surface area contributed by atoms with Crippen LogP contribution in [0.3, 0.4) is 0 Å². The van der Waals surface area contributed by atoms with Gasteiger partial charge in [0.25, 0.3) is 0 Å². The van der Waals surface area contributed by atoms with Crippen molar-refractivity contribution < 1.29 is 9.90 Å². The van der Waals surface area contributed by atoms with Crippen molar-refractivity contribution in [2.75, 3.05) is 0 Å². The summed E-state index contributed by atoms with van der Waals surface area (Å²) in [6, 6.07) is 0. The van der Waals surface area contributed by atoms with Gasteiger partial charge in [-0.3, -0.25) is 4.79 Å². The molecule has 0 saturated heterocycles. The molecule has 0 bridgehead atoms. The molecule has 0 amide bonds. The number of rotatable bonds is 6. The summed E-state index contributed by atoms with van der Waals surface area (Å²) in [6.45, 7) is 12.5. The second-order valence-corrected chi connectivity index (χ2v) is 5.89. The third kappa shape index (κ3) is 4.67. The van der Waals surface area contributed by atoms with Gasteiger partial charge in [0.1, 0.15) is 0 Å². The summed E-state index contributed by atoms with van der Waals surface area (Å²) in [4.78, 5) is 11.3. The maximum Gasteiger partial charge on any atom is 0.309 e. The van der Waals surface area contributed by atoms with Gasteiger partial charge in [-0.15, -0.1) is 0 Å². The van der Waals surface area contributed by atoms with Crippen LogP contribution in [-0.2, 0) is 4.79 Å². The monoisotopic (exact) mass is 214 g/mol. The number of hydrogen-bond donors (Lipinski definition) is 1. The van der Waals surface area contributed by atoms with E-state index in [4.69, 9.17) is 0 Å². The van der Waals surface area contributed by atoms with Crippen LogP contribution >= 0.6 is 0 Å². The number of carbonyl (C=O) groups is 1. The van der Waals surface area contributed by atoms with Gasteiger partial charge in [-0.1, -0.05) is 34.6 Å². The van der Waals surface area contributed by atoms with E-state index in [1.807, 2.05) is 6.92 Å². The minimum Gasteiger partial charge on any atom is -0.481 e. The van der Waals surface area contributed by atoms with Gasteiger partial charge in [0.05, 0.1) is 5.41 Å². The molecule has 15 heavy (non-hydrogen) atoms. The van der Waals surface area contributed by atoms with E-state index in [-0.39, 0.29) is 0 Å². The predicted molar refractivity (Wildman–Crippen MR) is 63.8 cm³/mol. The van der Waals surface area contributed by atoms with Crippen LogP contribution in [0.5, 0.6) is 0 Å². The number of aliphatic carboxylic acids is 1. The predicted octanol–water partition coefficient (Wildman–Crippen LogP) is 3.81. The Balaban J connectivity index is 4.58. The molecule has 0 fully saturated rings. The van der Waals surface area contributed by atoms with Crippen LogP contribution in [-0.4, -0.2) is 11.1 Å². The van der Waals surface area contributed by atoms with Crippen molar-refractivity contribution in [2.24, 2.45) is 23.2 Å². The molecular weight excluding hydrogens is 188 g/mol. The summed E-state index contributed by atoms with van der Waals surface area (Å²) in [5, 5.41) is 9.31. The first-order valence-corrected chi connectivity index (χ1v) is 5.92. The van der Waals surface area contributed by atoms with E-state index in [2.05, 4.69) is 34.6 Å². The van der Waals surface area contributed by atoms with E-state index < -0.39 is 11.4 Å². The second kappa shape index (κ2) is 5.53. The highest BCUT2D eigenvalue weighted by atomic mass is 16.4. The molecule has 0 aliphatic rings. The fourth-order valence-corrected chi connectivity index (χ4v) is 2.11. The van der Waals surface area contributed by atoms with Crippen molar-refractivity contribution in [1.29, 1.82) is 0 Å². The largest absolute Gasteiger partial charge is 0.481 e. The fourth-order valence-electron chi connectivity index (χ4n) is 2.11. The molecule has 0 rings (SSSR count). The van der Waals surface area contributed by atoms with Crippen LogP contribution < -0.4 is 0 Å². The number of carboxylic acids is 1. The molecule has 2 heteroatoms. The summed E-state index contributed by atoms with van der Waals surface area (Å²) >= 11 is 0. The molecule has 2 atom stereocenters. The Morgan fingerprint density at radius 3 is 1.87 bits per heavy atom. The fraction of sp³-hybridized carbons (Fsp3) is 0.923. The first-order valence-electron chi connectivity index (χ1n) is 5.92. The zero-order chi connectivity index (χ0) is 12.2. The molecule has 0 radical (unpaired) electrons. The van der Waals surface area contributed by atoms with E-state index in [0.717, 1.165) is 12.8 Å². The maximum absolute atomic E-state index is 11.3. The molecule has 0 aromatic rings. The molecule has 90 valence electrons. The Bertz CT molecular complexity index is 209. The van der Waals surface area contributed by atoms with E-state index in [1.54, 1.807) is 0 Å². The van der Waals surface area contributed by atoms with Crippen LogP contribution in [0.25, 0.3) is 0 Å². The lowest BCUT2D eigenvalue weighted by molar-refractivity contribution is -0.150. The van der Waals surface area contributed by atoms with Crippen molar-refractivity contribution in [1.82, 2.24) is 0 Å². The van der Waals surface area contributed by atoms with Crippen molar-refractivity contribution in [3.63, 3.8) is 0 Å². The second-order valence-electron chi connectivity index (χ2n) is 5.89. The number of carboxylic acid groups (broad SMARTS) is 1. The smallest absolute Gasteiger partial charge is 0.309 e. The lowest BCUT2D eigenvalue weighted by atomic mass is 9.73. The zero-order valence-corrected chi connectivity index (χ0v) is 11.0. The maximum atomic E-state index is 11.3. The topological polar surface area (TPSA) is 37.3 Å². The summed E-state index contributed by atoms with van der Waals surface area (Å²) in [5.74, 6) is 0.801. The van der Waals surface area contributed by atoms with Crippen molar-refractivity contribution in [3.05, 3.63) is 0 Å². The van der Waals surface area contributed by atoms with Gasteiger partial charge in [0.2, 0.25) is 0 Å². The Labute approximate surface area is 94.1 Å². The van der Waals surface area contributed by atoms with Gasteiger partial charge in [-0.2, -0.15) is 0 Å². The van der Waals surface area contributed by atoms with E-state index in [1.165, 1.54) is 0 Å². The van der Waals surface area contributed by atoms with E-state index in [0.29, 0.717) is 17.8 Å². The Kier molecular flexibility index (Phi) is 5.33. The highest BCUT2D eigenvalue weighted by molar-refractivity contribution is 5.74. The Morgan fingerprint density at radius 2 is 1.60 bits per heavy atom. The SMILES string of the molecule is CC(C)CC(C)(CC(C)C(C)C)C(=O)O. The van der Waals surface area contributed by atoms with Crippen molar-refractivity contribution in [2.45, 2.75) is 54.4 Å². The molecule has 0 heterocycles. The van der Waals surface area contributed by atoms with Gasteiger partial charge in [0, 0.05) is 0 Å². The van der Waals surface area contributed by atoms with Crippen LogP contribution in [0.15, 0.2) is 0 Å². The van der Waals surface area contributed by atoms with Gasteiger partial charge in [-0.25, -0.2) is 0 Å². The highest BCUT2D eigenvalue weighted by Gasteiger charge is 2.35. The van der Waals surface area contributed by atoms with Gasteiger partial charge < -0.3 is 5.11 Å². The van der Waals surface area contributed by atoms with Gasteiger partial charge in [-0.05, 0) is 37.5 Å². The number of hydrogen-bond acceptors (Lipinski definition) is 1. The Morgan fingerprint density at radius 1 is 1.13 bits per heavy atom. The zero-order valence-electron chi connectivity index (χ0n) is 11.0. The highest BCUT2D eigenvalue weighted by Crippen LogP contribution is 2.35. The van der Waals surface area contributed by atoms with Crippen LogP contribution in [0.1, 0.15) is 54.4 Å². The lowest BCUT2D eigenvalue weighted by Gasteiger charge is -2.31. The average Bonchev–Trinajstić information content (AvgIpc) is 2.01. The van der Waals surface area contributed by atoms with Crippen molar-refractivity contribution >= 4 is 5.97 Å². The molecule has 0 aliphatic heterocycles. The van der Waals surface area contributed by atoms with Crippen molar-refractivity contribution in [3.8, 4) is 0 Å². The molecule has 0 saturated carbocycles. The standard InChI is InChI=1S/C13H26O2/c1-9(2)7-13(6,12(14)15)8-11(5)10(3)4/h9-11H,7-8H2,1-6H3,(H,14,15). The summed E-state index contributed by atoms with van der Waals surface area (Å²) in [7, 11) is 0. The minimum atomic E-state index is -0.649. The lowest BCUT2D eigenvalue weighted by Crippen LogP contribution is -2.32. The average molecular weight is 214 g/mol. The molecule has 1 N–H and O–H groups in total. The summed E-state index contributed by atoms with van der Waals surface area (Å²) < 4.78 is 0. The van der Waals surface area contributed by atoms with Gasteiger partial charge >= 0.3 is 5.97 Å².